The van der Waals surface area contributed by atoms with Gasteiger partial charge in [-0.05, 0) is 39.4 Å². The van der Waals surface area contributed by atoms with Crippen LogP contribution in [0.15, 0.2) is 0 Å². The Hall–Kier alpha value is -0.640. The molecule has 0 fully saturated rings. The summed E-state index contributed by atoms with van der Waals surface area (Å²) in [6, 6.07) is 0. The molecule has 0 amide bonds. The van der Waals surface area contributed by atoms with Gasteiger partial charge in [0.1, 0.15) is 5.82 Å². The standard InChI is InChI=1S/C12H23N3S/c1-5-6-7-8-9-10-13-14-11(16)15(10)12(2,3)4/h5-9H2,1-4H3,(H,14,16). The van der Waals surface area contributed by atoms with E-state index < -0.39 is 0 Å². The van der Waals surface area contributed by atoms with Gasteiger partial charge in [0, 0.05) is 12.0 Å². The molecule has 4 heteroatoms. The van der Waals surface area contributed by atoms with E-state index in [4.69, 9.17) is 12.2 Å². The molecule has 0 saturated heterocycles. The van der Waals surface area contributed by atoms with Crippen LogP contribution in [0.2, 0.25) is 0 Å². The number of nitrogens with one attached hydrogen (secondary N) is 1. The summed E-state index contributed by atoms with van der Waals surface area (Å²) in [6.07, 6.45) is 6.07. The molecule has 92 valence electrons. The molecule has 1 rings (SSSR count). The maximum absolute atomic E-state index is 5.27. The van der Waals surface area contributed by atoms with E-state index in [1.807, 2.05) is 0 Å². The fraction of sp³-hybridized carbons (Fsp3) is 0.833. The number of nitrogens with zero attached hydrogens (tertiary/aromatic N) is 2. The fourth-order valence-corrected chi connectivity index (χ4v) is 2.32. The maximum Gasteiger partial charge on any atom is 0.195 e. The van der Waals surface area contributed by atoms with Crippen LogP contribution in [0.25, 0.3) is 0 Å². The minimum atomic E-state index is 0.0180. The molecule has 0 bridgehead atoms. The first-order valence-corrected chi connectivity index (χ1v) is 6.54. The van der Waals surface area contributed by atoms with Crippen LogP contribution in [0.4, 0.5) is 0 Å². The molecule has 1 heterocycles. The minimum absolute atomic E-state index is 0.0180. The lowest BCUT2D eigenvalue weighted by Crippen LogP contribution is -2.24. The highest BCUT2D eigenvalue weighted by Gasteiger charge is 2.18. The van der Waals surface area contributed by atoms with Gasteiger partial charge in [0.25, 0.3) is 0 Å². The zero-order chi connectivity index (χ0) is 12.2. The van der Waals surface area contributed by atoms with Crippen molar-refractivity contribution in [1.82, 2.24) is 14.8 Å². The Bertz CT molecular complexity index is 370. The van der Waals surface area contributed by atoms with Gasteiger partial charge < -0.3 is 0 Å². The van der Waals surface area contributed by atoms with Crippen LogP contribution in [0.1, 0.15) is 59.2 Å². The topological polar surface area (TPSA) is 33.6 Å². The molecule has 0 unspecified atom stereocenters. The second kappa shape index (κ2) is 5.62. The van der Waals surface area contributed by atoms with Crippen molar-refractivity contribution < 1.29 is 0 Å². The molecule has 1 aromatic rings. The van der Waals surface area contributed by atoms with E-state index in [2.05, 4.69) is 42.5 Å². The normalized spacial score (nSPS) is 12.0. The van der Waals surface area contributed by atoms with Gasteiger partial charge in [0.15, 0.2) is 4.77 Å². The zero-order valence-corrected chi connectivity index (χ0v) is 11.7. The van der Waals surface area contributed by atoms with E-state index in [9.17, 15) is 0 Å². The van der Waals surface area contributed by atoms with Gasteiger partial charge >= 0.3 is 0 Å². The highest BCUT2D eigenvalue weighted by Crippen LogP contribution is 2.17. The van der Waals surface area contributed by atoms with Gasteiger partial charge in [0.05, 0.1) is 0 Å². The number of unbranched alkanes of at least 4 members (excludes halogenated alkanes) is 3. The van der Waals surface area contributed by atoms with E-state index in [-0.39, 0.29) is 5.54 Å². The van der Waals surface area contributed by atoms with Crippen molar-refractivity contribution in [1.29, 1.82) is 0 Å². The smallest absolute Gasteiger partial charge is 0.195 e. The molecule has 1 aromatic heterocycles. The predicted molar refractivity (Wildman–Crippen MR) is 70.3 cm³/mol. The average molecular weight is 241 g/mol. The first kappa shape index (κ1) is 13.4. The highest BCUT2D eigenvalue weighted by molar-refractivity contribution is 7.71. The number of aryl methyl sites for hydroxylation is 1. The molecule has 1 N–H and O–H groups in total. The Morgan fingerprint density at radius 2 is 1.94 bits per heavy atom. The van der Waals surface area contributed by atoms with Crippen molar-refractivity contribution in [2.45, 2.75) is 65.3 Å². The summed E-state index contributed by atoms with van der Waals surface area (Å²) in [4.78, 5) is 0. The summed E-state index contributed by atoms with van der Waals surface area (Å²) >= 11 is 5.27. The average Bonchev–Trinajstić information content (AvgIpc) is 2.54. The molecule has 3 nitrogen and oxygen atoms in total. The highest BCUT2D eigenvalue weighted by atomic mass is 32.1. The van der Waals surface area contributed by atoms with Gasteiger partial charge in [-0.2, -0.15) is 5.10 Å². The number of H-pyrrole nitrogens is 1. The third kappa shape index (κ3) is 3.44. The van der Waals surface area contributed by atoms with Crippen LogP contribution in [0.5, 0.6) is 0 Å². The fourth-order valence-electron chi connectivity index (χ4n) is 1.90. The van der Waals surface area contributed by atoms with Crippen LogP contribution < -0.4 is 0 Å². The number of rotatable bonds is 5. The van der Waals surface area contributed by atoms with E-state index in [0.29, 0.717) is 0 Å². The van der Waals surface area contributed by atoms with Crippen LogP contribution in [0, 0.1) is 4.77 Å². The van der Waals surface area contributed by atoms with Gasteiger partial charge in [0.2, 0.25) is 0 Å². The molecular weight excluding hydrogens is 218 g/mol. The third-order valence-corrected chi connectivity index (χ3v) is 2.94. The number of aromatic amines is 1. The number of aromatic nitrogens is 3. The molecule has 0 aliphatic carbocycles. The number of hydrogen-bond donors (Lipinski definition) is 1. The van der Waals surface area contributed by atoms with E-state index >= 15 is 0 Å². The Morgan fingerprint density at radius 3 is 2.50 bits per heavy atom. The van der Waals surface area contributed by atoms with Gasteiger partial charge in [-0.25, -0.2) is 0 Å². The van der Waals surface area contributed by atoms with Crippen molar-refractivity contribution >= 4 is 12.2 Å². The quantitative estimate of drug-likeness (QED) is 0.628. The van der Waals surface area contributed by atoms with E-state index in [0.717, 1.165) is 17.0 Å². The van der Waals surface area contributed by atoms with E-state index in [1.165, 1.54) is 25.7 Å². The number of hydrogen-bond acceptors (Lipinski definition) is 2. The SMILES string of the molecule is CCCCCCc1n[nH]c(=S)n1C(C)(C)C. The predicted octanol–water partition coefficient (Wildman–Crippen LogP) is 3.82. The van der Waals surface area contributed by atoms with Gasteiger partial charge in [-0.3, -0.25) is 9.67 Å². The molecule has 0 aliphatic heterocycles. The van der Waals surface area contributed by atoms with Gasteiger partial charge in [-0.15, -0.1) is 0 Å². The molecular formula is C12H23N3S. The Balaban J connectivity index is 2.70. The lowest BCUT2D eigenvalue weighted by molar-refractivity contribution is 0.375. The Kier molecular flexibility index (Phi) is 4.71. The summed E-state index contributed by atoms with van der Waals surface area (Å²) < 4.78 is 2.87. The summed E-state index contributed by atoms with van der Waals surface area (Å²) in [5.74, 6) is 1.09. The second-order valence-electron chi connectivity index (χ2n) is 5.26. The molecule has 0 atom stereocenters. The van der Waals surface area contributed by atoms with Crippen molar-refractivity contribution in [3.8, 4) is 0 Å². The lowest BCUT2D eigenvalue weighted by Gasteiger charge is -2.22. The molecule has 0 aromatic carbocycles. The Morgan fingerprint density at radius 1 is 1.25 bits per heavy atom. The van der Waals surface area contributed by atoms with Crippen LogP contribution in [-0.2, 0) is 12.0 Å². The van der Waals surface area contributed by atoms with Crippen molar-refractivity contribution in [3.63, 3.8) is 0 Å². The van der Waals surface area contributed by atoms with Crippen molar-refractivity contribution in [2.75, 3.05) is 0 Å². The first-order chi connectivity index (χ1) is 7.46. The maximum atomic E-state index is 5.27. The lowest BCUT2D eigenvalue weighted by atomic mass is 10.1. The summed E-state index contributed by atoms with van der Waals surface area (Å²) in [6.45, 7) is 8.71. The van der Waals surface area contributed by atoms with Gasteiger partial charge in [-0.1, -0.05) is 26.2 Å². The largest absolute Gasteiger partial charge is 0.299 e. The first-order valence-electron chi connectivity index (χ1n) is 6.13. The van der Waals surface area contributed by atoms with Crippen LogP contribution in [-0.4, -0.2) is 14.8 Å². The molecule has 0 radical (unpaired) electrons. The monoisotopic (exact) mass is 241 g/mol. The summed E-state index contributed by atoms with van der Waals surface area (Å²) in [5, 5.41) is 7.23. The molecule has 0 aliphatic rings. The second-order valence-corrected chi connectivity index (χ2v) is 5.65. The van der Waals surface area contributed by atoms with Crippen molar-refractivity contribution in [3.05, 3.63) is 10.6 Å². The molecule has 16 heavy (non-hydrogen) atoms. The molecule has 0 saturated carbocycles. The van der Waals surface area contributed by atoms with E-state index in [1.54, 1.807) is 0 Å². The Labute approximate surface area is 103 Å². The third-order valence-electron chi connectivity index (χ3n) is 2.67. The van der Waals surface area contributed by atoms with Crippen LogP contribution in [0.3, 0.4) is 0 Å². The molecule has 0 spiro atoms. The van der Waals surface area contributed by atoms with Crippen molar-refractivity contribution in [2.24, 2.45) is 0 Å². The minimum Gasteiger partial charge on any atom is -0.299 e. The zero-order valence-electron chi connectivity index (χ0n) is 10.8. The summed E-state index contributed by atoms with van der Waals surface area (Å²) in [5.41, 5.74) is 0.0180. The summed E-state index contributed by atoms with van der Waals surface area (Å²) in [7, 11) is 0. The van der Waals surface area contributed by atoms with Crippen LogP contribution >= 0.6 is 12.2 Å².